The lowest BCUT2D eigenvalue weighted by molar-refractivity contribution is 0.0949. The number of anilines is 1. The molecule has 2 aromatic rings. The highest BCUT2D eigenvalue weighted by Crippen LogP contribution is 2.21. The first-order valence-electron chi connectivity index (χ1n) is 8.26. The first-order chi connectivity index (χ1) is 12.0. The van der Waals surface area contributed by atoms with Gasteiger partial charge in [0.25, 0.3) is 5.91 Å². The molecule has 2 rings (SSSR count). The molecule has 0 bridgehead atoms. The molecule has 0 atom stereocenters. The van der Waals surface area contributed by atoms with Crippen molar-refractivity contribution in [1.29, 1.82) is 0 Å². The van der Waals surface area contributed by atoms with Crippen LogP contribution in [0, 0.1) is 0 Å². The summed E-state index contributed by atoms with van der Waals surface area (Å²) in [6.45, 7) is 3.52. The van der Waals surface area contributed by atoms with Gasteiger partial charge in [-0.2, -0.15) is 0 Å². The average Bonchev–Trinajstić information content (AvgIpc) is 2.61. The molecule has 0 saturated carbocycles. The largest absolute Gasteiger partial charge is 0.358 e. The van der Waals surface area contributed by atoms with Crippen LogP contribution in [0.3, 0.4) is 0 Å². The fourth-order valence-corrected chi connectivity index (χ4v) is 2.77. The van der Waals surface area contributed by atoms with Crippen molar-refractivity contribution in [2.45, 2.75) is 26.2 Å². The maximum absolute atomic E-state index is 12.1. The molecule has 1 heterocycles. The maximum atomic E-state index is 12.1. The molecule has 7 heteroatoms. The Bertz CT molecular complexity index is 707. The molecule has 134 valence electrons. The average molecular weight is 381 g/mol. The zero-order chi connectivity index (χ0) is 18.2. The van der Waals surface area contributed by atoms with Crippen molar-refractivity contribution in [2.75, 3.05) is 25.0 Å². The summed E-state index contributed by atoms with van der Waals surface area (Å²) in [5, 5.41) is 4.02. The molecular formula is C18H22Cl2N4O. The van der Waals surface area contributed by atoms with Crippen LogP contribution in [0.15, 0.2) is 30.6 Å². The number of nitrogens with zero attached hydrogens (tertiary/aromatic N) is 3. The first-order valence-corrected chi connectivity index (χ1v) is 9.02. The third-order valence-corrected chi connectivity index (χ3v) is 4.39. The van der Waals surface area contributed by atoms with E-state index in [1.807, 2.05) is 18.0 Å². The molecule has 1 N–H and O–H groups in total. The van der Waals surface area contributed by atoms with E-state index in [1.165, 1.54) is 6.20 Å². The predicted octanol–water partition coefficient (Wildman–Crippen LogP) is 3.99. The van der Waals surface area contributed by atoms with Gasteiger partial charge in [0.05, 0.1) is 12.4 Å². The fourth-order valence-electron chi connectivity index (χ4n) is 2.27. The number of nitrogens with one attached hydrogen (secondary N) is 1. The number of hydrogen-bond acceptors (Lipinski definition) is 4. The summed E-state index contributed by atoms with van der Waals surface area (Å²) in [5.74, 6) is 0.512. The minimum absolute atomic E-state index is 0.250. The van der Waals surface area contributed by atoms with Gasteiger partial charge in [0, 0.05) is 30.2 Å². The lowest BCUT2D eigenvalue weighted by Gasteiger charge is -2.17. The minimum Gasteiger partial charge on any atom is -0.358 e. The molecular weight excluding hydrogens is 359 g/mol. The predicted molar refractivity (Wildman–Crippen MR) is 103 cm³/mol. The van der Waals surface area contributed by atoms with Crippen LogP contribution in [0.1, 0.15) is 35.8 Å². The number of aromatic nitrogens is 2. The maximum Gasteiger partial charge on any atom is 0.271 e. The molecule has 0 fully saturated rings. The van der Waals surface area contributed by atoms with E-state index >= 15 is 0 Å². The third kappa shape index (κ3) is 5.87. The summed E-state index contributed by atoms with van der Waals surface area (Å²) >= 11 is 12.0. The second-order valence-corrected chi connectivity index (χ2v) is 6.62. The van der Waals surface area contributed by atoms with E-state index in [0.29, 0.717) is 28.7 Å². The van der Waals surface area contributed by atoms with E-state index in [2.05, 4.69) is 22.2 Å². The number of unbranched alkanes of at least 4 members (excludes halogenated alkanes) is 1. The van der Waals surface area contributed by atoms with E-state index in [0.717, 1.165) is 30.8 Å². The van der Waals surface area contributed by atoms with Gasteiger partial charge in [-0.05, 0) is 30.5 Å². The van der Waals surface area contributed by atoms with Crippen LogP contribution in [-0.4, -0.2) is 36.0 Å². The van der Waals surface area contributed by atoms with Crippen LogP contribution < -0.4 is 10.2 Å². The summed E-state index contributed by atoms with van der Waals surface area (Å²) in [6.07, 6.45) is 5.96. The second-order valence-electron chi connectivity index (χ2n) is 5.78. The molecule has 0 saturated heterocycles. The Balaban J connectivity index is 1.86. The standard InChI is InChI=1S/C18H22Cl2N4O/c1-3-4-9-24(2)17-12-22-16(11-23-17)18(25)21-8-7-13-5-6-14(19)10-15(13)20/h5-6,10-12H,3-4,7-9H2,1-2H3,(H,21,25). The second kappa shape index (κ2) is 9.59. The number of carbonyl (C=O) groups is 1. The van der Waals surface area contributed by atoms with Crippen LogP contribution in [-0.2, 0) is 6.42 Å². The van der Waals surface area contributed by atoms with Crippen molar-refractivity contribution in [3.63, 3.8) is 0 Å². The number of amides is 1. The van der Waals surface area contributed by atoms with Gasteiger partial charge in [0.15, 0.2) is 0 Å². The molecule has 0 aliphatic carbocycles. The molecule has 0 aliphatic rings. The normalized spacial score (nSPS) is 10.6. The van der Waals surface area contributed by atoms with Gasteiger partial charge in [-0.25, -0.2) is 9.97 Å². The van der Waals surface area contributed by atoms with Crippen molar-refractivity contribution < 1.29 is 4.79 Å². The van der Waals surface area contributed by atoms with Gasteiger partial charge in [0.1, 0.15) is 11.5 Å². The molecule has 0 unspecified atom stereocenters. The summed E-state index contributed by atoms with van der Waals surface area (Å²) in [6, 6.07) is 5.33. The van der Waals surface area contributed by atoms with E-state index in [-0.39, 0.29) is 5.91 Å². The molecule has 1 aromatic heterocycles. The van der Waals surface area contributed by atoms with Crippen LogP contribution in [0.4, 0.5) is 5.82 Å². The Morgan fingerprint density at radius 2 is 2.04 bits per heavy atom. The summed E-state index contributed by atoms with van der Waals surface area (Å²) in [4.78, 5) is 22.7. The van der Waals surface area contributed by atoms with Crippen LogP contribution in [0.25, 0.3) is 0 Å². The summed E-state index contributed by atoms with van der Waals surface area (Å²) in [5.41, 5.74) is 1.24. The molecule has 0 aliphatic heterocycles. The molecule has 1 aromatic carbocycles. The van der Waals surface area contributed by atoms with Crippen molar-refractivity contribution in [3.05, 3.63) is 51.9 Å². The highest BCUT2D eigenvalue weighted by molar-refractivity contribution is 6.35. The Hall–Kier alpha value is -1.85. The Kier molecular flexibility index (Phi) is 7.47. The zero-order valence-electron chi connectivity index (χ0n) is 14.4. The van der Waals surface area contributed by atoms with Gasteiger partial charge in [0.2, 0.25) is 0 Å². The van der Waals surface area contributed by atoms with Gasteiger partial charge in [-0.1, -0.05) is 42.6 Å². The molecule has 25 heavy (non-hydrogen) atoms. The van der Waals surface area contributed by atoms with Crippen molar-refractivity contribution in [2.24, 2.45) is 0 Å². The molecule has 0 radical (unpaired) electrons. The van der Waals surface area contributed by atoms with Gasteiger partial charge < -0.3 is 10.2 Å². The van der Waals surface area contributed by atoms with Crippen molar-refractivity contribution >= 4 is 34.9 Å². The Morgan fingerprint density at radius 1 is 1.24 bits per heavy atom. The van der Waals surface area contributed by atoms with Crippen LogP contribution >= 0.6 is 23.2 Å². The Labute approximate surface area is 158 Å². The molecule has 1 amide bonds. The van der Waals surface area contributed by atoms with Crippen LogP contribution in [0.5, 0.6) is 0 Å². The highest BCUT2D eigenvalue weighted by atomic mass is 35.5. The molecule has 0 spiro atoms. The summed E-state index contributed by atoms with van der Waals surface area (Å²) < 4.78 is 0. The van der Waals surface area contributed by atoms with Gasteiger partial charge in [-0.3, -0.25) is 4.79 Å². The van der Waals surface area contributed by atoms with E-state index in [1.54, 1.807) is 18.3 Å². The first kappa shape index (κ1) is 19.5. The van der Waals surface area contributed by atoms with E-state index < -0.39 is 0 Å². The number of benzene rings is 1. The lowest BCUT2D eigenvalue weighted by Crippen LogP contribution is -2.27. The monoisotopic (exact) mass is 380 g/mol. The van der Waals surface area contributed by atoms with Crippen LogP contribution in [0.2, 0.25) is 10.0 Å². The van der Waals surface area contributed by atoms with Gasteiger partial charge in [-0.15, -0.1) is 0 Å². The smallest absolute Gasteiger partial charge is 0.271 e. The summed E-state index contributed by atoms with van der Waals surface area (Å²) in [7, 11) is 1.97. The molecule has 5 nitrogen and oxygen atoms in total. The number of carbonyl (C=O) groups excluding carboxylic acids is 1. The quantitative estimate of drug-likeness (QED) is 0.751. The number of rotatable bonds is 8. The van der Waals surface area contributed by atoms with E-state index in [4.69, 9.17) is 23.2 Å². The lowest BCUT2D eigenvalue weighted by atomic mass is 10.1. The minimum atomic E-state index is -0.250. The van der Waals surface area contributed by atoms with Crippen molar-refractivity contribution in [1.82, 2.24) is 15.3 Å². The van der Waals surface area contributed by atoms with Crippen molar-refractivity contribution in [3.8, 4) is 0 Å². The number of hydrogen-bond donors (Lipinski definition) is 1. The highest BCUT2D eigenvalue weighted by Gasteiger charge is 2.10. The van der Waals surface area contributed by atoms with Gasteiger partial charge >= 0.3 is 0 Å². The SMILES string of the molecule is CCCCN(C)c1cnc(C(=O)NCCc2ccc(Cl)cc2Cl)cn1. The third-order valence-electron chi connectivity index (χ3n) is 3.80. The topological polar surface area (TPSA) is 58.1 Å². The Morgan fingerprint density at radius 3 is 2.68 bits per heavy atom. The number of halogens is 2. The van der Waals surface area contributed by atoms with E-state index in [9.17, 15) is 4.79 Å². The zero-order valence-corrected chi connectivity index (χ0v) is 15.9. The fraction of sp³-hybridized carbons (Fsp3) is 0.389.